The van der Waals surface area contributed by atoms with E-state index in [-0.39, 0.29) is 24.5 Å². The molecule has 1 aromatic heterocycles. The van der Waals surface area contributed by atoms with Gasteiger partial charge in [-0.05, 0) is 23.8 Å². The number of pyridine rings is 1. The number of ether oxygens (including phenoxy) is 1. The number of amides is 2. The van der Waals surface area contributed by atoms with Crippen molar-refractivity contribution in [1.82, 2.24) is 10.3 Å². The quantitative estimate of drug-likeness (QED) is 0.664. The third kappa shape index (κ3) is 4.01. The molecule has 1 fully saturated rings. The number of carbonyl (C=O) groups excluding carboxylic acids is 2. The second-order valence-electron chi connectivity index (χ2n) is 6.31. The first kappa shape index (κ1) is 17.3. The van der Waals surface area contributed by atoms with Crippen LogP contribution >= 0.6 is 11.6 Å². The molecule has 0 saturated carbocycles. The highest BCUT2D eigenvalue weighted by Gasteiger charge is 2.27. The number of benzene rings is 2. The van der Waals surface area contributed by atoms with Gasteiger partial charge in [-0.2, -0.15) is 0 Å². The molecule has 7 heteroatoms. The molecule has 27 heavy (non-hydrogen) atoms. The summed E-state index contributed by atoms with van der Waals surface area (Å²) in [5.41, 5.74) is 1.38. The average Bonchev–Trinajstić information content (AvgIpc) is 2.60. The van der Waals surface area contributed by atoms with Crippen LogP contribution in [0.1, 0.15) is 12.0 Å². The van der Waals surface area contributed by atoms with E-state index >= 15 is 0 Å². The monoisotopic (exact) mass is 381 g/mol. The van der Waals surface area contributed by atoms with Crippen LogP contribution in [0, 0.1) is 0 Å². The number of nitrogens with one attached hydrogen (secondary N) is 2. The molecule has 0 aliphatic carbocycles. The highest BCUT2D eigenvalue weighted by atomic mass is 35.5. The Bertz CT molecular complexity index is 1020. The molecule has 4 rings (SSSR count). The molecule has 0 bridgehead atoms. The smallest absolute Gasteiger partial charge is 0.228 e. The molecular weight excluding hydrogens is 366 g/mol. The van der Waals surface area contributed by atoms with Crippen LogP contribution in [-0.4, -0.2) is 23.0 Å². The van der Waals surface area contributed by atoms with Crippen molar-refractivity contribution in [2.24, 2.45) is 0 Å². The summed E-state index contributed by atoms with van der Waals surface area (Å²) in [6, 6.07) is 12.8. The van der Waals surface area contributed by atoms with Crippen LogP contribution < -0.4 is 15.4 Å². The molecule has 2 amide bonds. The van der Waals surface area contributed by atoms with E-state index in [4.69, 9.17) is 16.3 Å². The van der Waals surface area contributed by atoms with E-state index in [0.29, 0.717) is 28.4 Å². The maximum atomic E-state index is 12.5. The van der Waals surface area contributed by atoms with Crippen molar-refractivity contribution in [3.05, 3.63) is 65.4 Å². The van der Waals surface area contributed by atoms with Gasteiger partial charge in [0, 0.05) is 22.0 Å². The molecule has 1 unspecified atom stereocenters. The molecule has 6 nitrogen and oxygen atoms in total. The van der Waals surface area contributed by atoms with Crippen LogP contribution in [0.15, 0.2) is 54.9 Å². The summed E-state index contributed by atoms with van der Waals surface area (Å²) in [5.74, 6) is 0.283. The number of fused-ring (bicyclic) bond motifs is 1. The van der Waals surface area contributed by atoms with Crippen molar-refractivity contribution < 1.29 is 14.3 Å². The highest BCUT2D eigenvalue weighted by Crippen LogP contribution is 2.25. The molecule has 2 aromatic carbocycles. The summed E-state index contributed by atoms with van der Waals surface area (Å²) in [6.45, 7) is 0. The first-order valence-electron chi connectivity index (χ1n) is 8.45. The molecule has 1 atom stereocenters. The largest absolute Gasteiger partial charge is 0.470 e. The van der Waals surface area contributed by atoms with Gasteiger partial charge in [-0.1, -0.05) is 35.9 Å². The Hall–Kier alpha value is -3.12. The zero-order valence-electron chi connectivity index (χ0n) is 14.2. The fourth-order valence-corrected chi connectivity index (χ4v) is 3.20. The molecule has 2 heterocycles. The topological polar surface area (TPSA) is 80.3 Å². The Morgan fingerprint density at radius 2 is 2.07 bits per heavy atom. The van der Waals surface area contributed by atoms with Gasteiger partial charge in [0.2, 0.25) is 11.8 Å². The maximum absolute atomic E-state index is 12.5. The van der Waals surface area contributed by atoms with Crippen molar-refractivity contribution >= 4 is 39.9 Å². The lowest BCUT2D eigenvalue weighted by molar-refractivity contribution is -0.134. The zero-order chi connectivity index (χ0) is 18.8. The zero-order valence-corrected chi connectivity index (χ0v) is 15.0. The molecule has 3 aromatic rings. The van der Waals surface area contributed by atoms with Gasteiger partial charge in [0.05, 0.1) is 24.7 Å². The number of aromatic nitrogens is 1. The van der Waals surface area contributed by atoms with Gasteiger partial charge in [0.15, 0.2) is 6.23 Å². The number of nitrogens with zero attached hydrogens (tertiary/aromatic N) is 1. The van der Waals surface area contributed by atoms with E-state index in [1.807, 2.05) is 24.3 Å². The van der Waals surface area contributed by atoms with Crippen molar-refractivity contribution in [2.45, 2.75) is 19.1 Å². The van der Waals surface area contributed by atoms with E-state index < -0.39 is 0 Å². The van der Waals surface area contributed by atoms with Crippen LogP contribution in [0.5, 0.6) is 5.75 Å². The summed E-state index contributed by atoms with van der Waals surface area (Å²) in [5, 5.41) is 7.88. The minimum absolute atomic E-state index is 0.0506. The number of hydrogen-bond donors (Lipinski definition) is 2. The predicted molar refractivity (Wildman–Crippen MR) is 103 cm³/mol. The van der Waals surface area contributed by atoms with Crippen LogP contribution in [-0.2, 0) is 16.0 Å². The van der Waals surface area contributed by atoms with E-state index in [9.17, 15) is 9.59 Å². The fourth-order valence-electron chi connectivity index (χ4n) is 2.95. The van der Waals surface area contributed by atoms with Crippen molar-refractivity contribution in [3.8, 4) is 5.75 Å². The second-order valence-corrected chi connectivity index (χ2v) is 6.74. The lowest BCUT2D eigenvalue weighted by atomic mass is 10.1. The maximum Gasteiger partial charge on any atom is 0.228 e. The van der Waals surface area contributed by atoms with Crippen LogP contribution in [0.3, 0.4) is 0 Å². The molecule has 0 radical (unpaired) electrons. The fraction of sp³-hybridized carbons (Fsp3) is 0.150. The van der Waals surface area contributed by atoms with Crippen LogP contribution in [0.25, 0.3) is 10.8 Å². The third-order valence-electron chi connectivity index (χ3n) is 4.21. The molecule has 1 saturated heterocycles. The van der Waals surface area contributed by atoms with Crippen molar-refractivity contribution in [3.63, 3.8) is 0 Å². The van der Waals surface area contributed by atoms with Gasteiger partial charge >= 0.3 is 0 Å². The lowest BCUT2D eigenvalue weighted by Crippen LogP contribution is -2.51. The Morgan fingerprint density at radius 3 is 2.89 bits per heavy atom. The van der Waals surface area contributed by atoms with Crippen LogP contribution in [0.2, 0.25) is 5.02 Å². The molecule has 2 N–H and O–H groups in total. The van der Waals surface area contributed by atoms with E-state index in [2.05, 4.69) is 15.6 Å². The van der Waals surface area contributed by atoms with Crippen molar-refractivity contribution in [1.29, 1.82) is 0 Å². The molecule has 1 aliphatic rings. The summed E-state index contributed by atoms with van der Waals surface area (Å²) >= 11 is 6.14. The first-order valence-corrected chi connectivity index (χ1v) is 8.83. The number of hydrogen-bond acceptors (Lipinski definition) is 4. The number of halogens is 1. The third-order valence-corrected chi connectivity index (χ3v) is 4.43. The lowest BCUT2D eigenvalue weighted by Gasteiger charge is -2.27. The standard InChI is InChI=1S/C20H16ClN3O3/c21-14-5-12(6-15(8-14)27-20-9-19(26)24-20)7-18(25)23-17-11-22-10-13-3-1-2-4-16(13)17/h1-6,8,10-11,20H,7,9H2,(H,23,25)(H,24,26). The minimum atomic E-state index is -0.348. The number of rotatable bonds is 5. The SMILES string of the molecule is O=C(Cc1cc(Cl)cc(OC2CC(=O)N2)c1)Nc1cncc2ccccc12. The second kappa shape index (κ2) is 7.25. The van der Waals surface area contributed by atoms with Gasteiger partial charge in [-0.3, -0.25) is 14.6 Å². The molecular formula is C20H16ClN3O3. The van der Waals surface area contributed by atoms with Gasteiger partial charge in [0.1, 0.15) is 5.75 Å². The Balaban J connectivity index is 1.47. The van der Waals surface area contributed by atoms with Gasteiger partial charge in [-0.25, -0.2) is 0 Å². The Morgan fingerprint density at radius 1 is 1.26 bits per heavy atom. The predicted octanol–water partition coefficient (Wildman–Crippen LogP) is 3.29. The van der Waals surface area contributed by atoms with Gasteiger partial charge in [-0.15, -0.1) is 0 Å². The summed E-state index contributed by atoms with van der Waals surface area (Å²) in [6.07, 6.45) is 3.49. The first-order chi connectivity index (χ1) is 13.1. The van der Waals surface area contributed by atoms with E-state index in [1.54, 1.807) is 30.6 Å². The molecule has 1 aliphatic heterocycles. The highest BCUT2D eigenvalue weighted by molar-refractivity contribution is 6.30. The Kier molecular flexibility index (Phi) is 4.64. The van der Waals surface area contributed by atoms with E-state index in [0.717, 1.165) is 10.8 Å². The summed E-state index contributed by atoms with van der Waals surface area (Å²) in [4.78, 5) is 27.6. The number of β-lactam (4-membered cyclic amide) rings is 1. The van der Waals surface area contributed by atoms with Crippen molar-refractivity contribution in [2.75, 3.05) is 5.32 Å². The number of carbonyl (C=O) groups is 2. The van der Waals surface area contributed by atoms with Crippen LogP contribution in [0.4, 0.5) is 5.69 Å². The number of anilines is 1. The normalized spacial score (nSPS) is 15.7. The molecule has 136 valence electrons. The van der Waals surface area contributed by atoms with Gasteiger partial charge < -0.3 is 15.4 Å². The van der Waals surface area contributed by atoms with Gasteiger partial charge in [0.25, 0.3) is 0 Å². The summed E-state index contributed by atoms with van der Waals surface area (Å²) < 4.78 is 5.64. The minimum Gasteiger partial charge on any atom is -0.470 e. The summed E-state index contributed by atoms with van der Waals surface area (Å²) in [7, 11) is 0. The molecule has 0 spiro atoms. The van der Waals surface area contributed by atoms with E-state index in [1.165, 1.54) is 0 Å². The Labute approximate surface area is 160 Å². The average molecular weight is 382 g/mol.